The van der Waals surface area contributed by atoms with Crippen LogP contribution < -0.4 is 5.73 Å². The van der Waals surface area contributed by atoms with Crippen LogP contribution in [0.3, 0.4) is 0 Å². The summed E-state index contributed by atoms with van der Waals surface area (Å²) in [6, 6.07) is 0. The van der Waals surface area contributed by atoms with Gasteiger partial charge in [0, 0.05) is 6.61 Å². The summed E-state index contributed by atoms with van der Waals surface area (Å²) in [5.41, 5.74) is 5.11. The summed E-state index contributed by atoms with van der Waals surface area (Å²) in [7, 11) is 0. The van der Waals surface area contributed by atoms with Crippen LogP contribution in [-0.4, -0.2) is 41.5 Å². The molecule has 0 heterocycles. The third-order valence-corrected chi connectivity index (χ3v) is 3.61. The predicted octanol–water partition coefficient (Wildman–Crippen LogP) is 2.13. The fraction of sp³-hybridized carbons (Fsp3) is 0.938. The minimum Gasteiger partial charge on any atom is -0.394 e. The summed E-state index contributed by atoms with van der Waals surface area (Å²) >= 11 is 0. The van der Waals surface area contributed by atoms with Gasteiger partial charge in [-0.3, -0.25) is 4.79 Å². The van der Waals surface area contributed by atoms with Crippen molar-refractivity contribution in [3.05, 3.63) is 0 Å². The normalized spacial score (nSPS) is 14.0. The standard InChI is InChI=1S/C16H33NO4/c1-2-3-4-5-6-7-8-9-10-11-12-21-15(16(17)20)14(19)13-18/h14-15,18-19H,2-13H2,1H3,(H2,17,20)/t14-,15-/m1/s1. The molecule has 0 aliphatic rings. The van der Waals surface area contributed by atoms with Crippen LogP contribution >= 0.6 is 0 Å². The lowest BCUT2D eigenvalue weighted by Gasteiger charge is -2.18. The molecule has 0 rings (SSSR count). The van der Waals surface area contributed by atoms with Crippen LogP contribution in [0.15, 0.2) is 0 Å². The number of aliphatic hydroxyl groups is 2. The molecule has 0 aliphatic carbocycles. The van der Waals surface area contributed by atoms with Crippen LogP contribution in [0, 0.1) is 0 Å². The number of rotatable bonds is 15. The number of amides is 1. The first-order valence-corrected chi connectivity index (χ1v) is 8.33. The first kappa shape index (κ1) is 20.3. The number of unbranched alkanes of at least 4 members (excludes halogenated alkanes) is 9. The highest BCUT2D eigenvalue weighted by atomic mass is 16.5. The molecular weight excluding hydrogens is 270 g/mol. The van der Waals surface area contributed by atoms with E-state index in [0.29, 0.717) is 6.61 Å². The zero-order chi connectivity index (χ0) is 15.9. The summed E-state index contributed by atoms with van der Waals surface area (Å²) in [4.78, 5) is 11.0. The molecule has 0 aliphatic heterocycles. The average Bonchev–Trinajstić information content (AvgIpc) is 2.47. The molecule has 0 radical (unpaired) electrons. The van der Waals surface area contributed by atoms with E-state index in [1.165, 1.54) is 51.4 Å². The van der Waals surface area contributed by atoms with E-state index >= 15 is 0 Å². The second kappa shape index (κ2) is 14.3. The second-order valence-corrected chi connectivity index (χ2v) is 5.63. The molecule has 5 nitrogen and oxygen atoms in total. The number of carbonyl (C=O) groups excluding carboxylic acids is 1. The summed E-state index contributed by atoms with van der Waals surface area (Å²) in [6.07, 6.45) is 9.91. The third kappa shape index (κ3) is 11.7. The van der Waals surface area contributed by atoms with Gasteiger partial charge in [-0.1, -0.05) is 64.7 Å². The predicted molar refractivity (Wildman–Crippen MR) is 83.9 cm³/mol. The molecule has 0 bridgehead atoms. The van der Waals surface area contributed by atoms with Crippen molar-refractivity contribution in [1.82, 2.24) is 0 Å². The molecule has 0 fully saturated rings. The highest BCUT2D eigenvalue weighted by Crippen LogP contribution is 2.11. The highest BCUT2D eigenvalue weighted by Gasteiger charge is 2.24. The Labute approximate surface area is 128 Å². The number of carbonyl (C=O) groups is 1. The number of nitrogens with two attached hydrogens (primary N) is 1. The molecular formula is C16H33NO4. The second-order valence-electron chi connectivity index (χ2n) is 5.63. The van der Waals surface area contributed by atoms with Crippen molar-refractivity contribution in [1.29, 1.82) is 0 Å². The lowest BCUT2D eigenvalue weighted by atomic mass is 10.1. The highest BCUT2D eigenvalue weighted by molar-refractivity contribution is 5.79. The molecule has 0 saturated heterocycles. The van der Waals surface area contributed by atoms with Crippen LogP contribution in [0.2, 0.25) is 0 Å². The lowest BCUT2D eigenvalue weighted by molar-refractivity contribution is -0.139. The Bertz CT molecular complexity index is 248. The van der Waals surface area contributed by atoms with Gasteiger partial charge in [-0.2, -0.15) is 0 Å². The number of primary amides is 1. The molecule has 4 N–H and O–H groups in total. The Kier molecular flexibility index (Phi) is 13.9. The van der Waals surface area contributed by atoms with Crippen LogP contribution in [0.25, 0.3) is 0 Å². The molecule has 0 aromatic rings. The Balaban J connectivity index is 3.40. The Morgan fingerprint density at radius 2 is 1.48 bits per heavy atom. The smallest absolute Gasteiger partial charge is 0.249 e. The number of ether oxygens (including phenoxy) is 1. The van der Waals surface area contributed by atoms with E-state index in [1.807, 2.05) is 0 Å². The van der Waals surface area contributed by atoms with Gasteiger partial charge >= 0.3 is 0 Å². The maximum absolute atomic E-state index is 11.0. The van der Waals surface area contributed by atoms with Crippen molar-refractivity contribution >= 4 is 5.91 Å². The van der Waals surface area contributed by atoms with Crippen LogP contribution in [-0.2, 0) is 9.53 Å². The van der Waals surface area contributed by atoms with E-state index in [0.717, 1.165) is 12.8 Å². The van der Waals surface area contributed by atoms with Gasteiger partial charge in [-0.15, -0.1) is 0 Å². The van der Waals surface area contributed by atoms with Gasteiger partial charge in [-0.25, -0.2) is 0 Å². The fourth-order valence-electron chi connectivity index (χ4n) is 2.28. The monoisotopic (exact) mass is 303 g/mol. The third-order valence-electron chi connectivity index (χ3n) is 3.61. The zero-order valence-corrected chi connectivity index (χ0v) is 13.4. The van der Waals surface area contributed by atoms with Crippen LogP contribution in [0.4, 0.5) is 0 Å². The topological polar surface area (TPSA) is 92.8 Å². The van der Waals surface area contributed by atoms with E-state index in [4.69, 9.17) is 15.6 Å². The lowest BCUT2D eigenvalue weighted by Crippen LogP contribution is -2.43. The number of aliphatic hydroxyl groups excluding tert-OH is 2. The fourth-order valence-corrected chi connectivity index (χ4v) is 2.28. The summed E-state index contributed by atoms with van der Waals surface area (Å²) < 4.78 is 5.24. The van der Waals surface area contributed by atoms with Crippen LogP contribution in [0.5, 0.6) is 0 Å². The summed E-state index contributed by atoms with van der Waals surface area (Å²) in [5.74, 6) is -0.733. The van der Waals surface area contributed by atoms with Gasteiger partial charge in [0.05, 0.1) is 6.61 Å². The van der Waals surface area contributed by atoms with Crippen molar-refractivity contribution in [2.75, 3.05) is 13.2 Å². The first-order chi connectivity index (χ1) is 10.1. The van der Waals surface area contributed by atoms with E-state index in [1.54, 1.807) is 0 Å². The quantitative estimate of drug-likeness (QED) is 0.404. The minimum absolute atomic E-state index is 0.390. The van der Waals surface area contributed by atoms with Gasteiger partial charge in [0.15, 0.2) is 6.10 Å². The van der Waals surface area contributed by atoms with E-state index in [-0.39, 0.29) is 0 Å². The van der Waals surface area contributed by atoms with Crippen molar-refractivity contribution in [3.8, 4) is 0 Å². The first-order valence-electron chi connectivity index (χ1n) is 8.33. The molecule has 0 aromatic heterocycles. The number of hydrogen-bond acceptors (Lipinski definition) is 4. The minimum atomic E-state index is -1.23. The van der Waals surface area contributed by atoms with E-state index < -0.39 is 24.7 Å². The molecule has 0 aromatic carbocycles. The molecule has 21 heavy (non-hydrogen) atoms. The Morgan fingerprint density at radius 3 is 1.90 bits per heavy atom. The SMILES string of the molecule is CCCCCCCCCCCCO[C@@H](C(N)=O)[C@H](O)CO. The molecule has 1 amide bonds. The van der Waals surface area contributed by atoms with Crippen molar-refractivity contribution in [2.45, 2.75) is 83.3 Å². The van der Waals surface area contributed by atoms with Gasteiger partial charge in [-0.05, 0) is 6.42 Å². The van der Waals surface area contributed by atoms with Gasteiger partial charge in [0.25, 0.3) is 0 Å². The molecule has 126 valence electrons. The van der Waals surface area contributed by atoms with Crippen molar-refractivity contribution < 1.29 is 19.7 Å². The van der Waals surface area contributed by atoms with Gasteiger partial charge < -0.3 is 20.7 Å². The maximum atomic E-state index is 11.0. The summed E-state index contributed by atoms with van der Waals surface area (Å²) in [5, 5.41) is 18.2. The average molecular weight is 303 g/mol. The molecule has 0 saturated carbocycles. The van der Waals surface area contributed by atoms with Crippen molar-refractivity contribution in [2.24, 2.45) is 5.73 Å². The van der Waals surface area contributed by atoms with Crippen LogP contribution in [0.1, 0.15) is 71.1 Å². The maximum Gasteiger partial charge on any atom is 0.249 e. The zero-order valence-electron chi connectivity index (χ0n) is 13.4. The summed E-state index contributed by atoms with van der Waals surface area (Å²) in [6.45, 7) is 2.09. The Morgan fingerprint density at radius 1 is 1.00 bits per heavy atom. The molecule has 0 unspecified atom stereocenters. The largest absolute Gasteiger partial charge is 0.394 e. The van der Waals surface area contributed by atoms with Gasteiger partial charge in [0.2, 0.25) is 5.91 Å². The van der Waals surface area contributed by atoms with E-state index in [2.05, 4.69) is 6.92 Å². The molecule has 5 heteroatoms. The Hall–Kier alpha value is -0.650. The molecule has 0 spiro atoms. The van der Waals surface area contributed by atoms with Gasteiger partial charge in [0.1, 0.15) is 6.10 Å². The number of hydrogen-bond donors (Lipinski definition) is 3. The van der Waals surface area contributed by atoms with Crippen molar-refractivity contribution in [3.63, 3.8) is 0 Å². The van der Waals surface area contributed by atoms with E-state index in [9.17, 15) is 9.90 Å². The molecule has 2 atom stereocenters.